The lowest BCUT2D eigenvalue weighted by molar-refractivity contribution is -0.118. The number of nitrogens with one attached hydrogen (secondary N) is 1. The summed E-state index contributed by atoms with van der Waals surface area (Å²) in [5.74, 6) is 1.45. The molecule has 4 rings (SSSR count). The fourth-order valence-electron chi connectivity index (χ4n) is 3.26. The van der Waals surface area contributed by atoms with Gasteiger partial charge in [0.2, 0.25) is 0 Å². The molecule has 0 fully saturated rings. The molecule has 0 bridgehead atoms. The highest BCUT2D eigenvalue weighted by atomic mass is 16.5. The van der Waals surface area contributed by atoms with Gasteiger partial charge in [0.1, 0.15) is 11.6 Å². The quantitative estimate of drug-likeness (QED) is 0.471. The molecule has 0 atom stereocenters. The maximum absolute atomic E-state index is 12.2. The number of hydrogen-bond acceptors (Lipinski definition) is 3. The van der Waals surface area contributed by atoms with Gasteiger partial charge < -0.3 is 14.6 Å². The molecular formula is C25H23N3O2. The predicted octanol–water partition coefficient (Wildman–Crippen LogP) is 5.12. The highest BCUT2D eigenvalue weighted by Crippen LogP contribution is 2.21. The summed E-state index contributed by atoms with van der Waals surface area (Å²) in [6, 6.07) is 25.5. The molecule has 5 heteroatoms. The topological polar surface area (TPSA) is 56.2 Å². The summed E-state index contributed by atoms with van der Waals surface area (Å²) < 4.78 is 7.66. The molecule has 0 unspecified atom stereocenters. The van der Waals surface area contributed by atoms with Crippen molar-refractivity contribution in [1.82, 2.24) is 9.55 Å². The van der Waals surface area contributed by atoms with E-state index in [2.05, 4.69) is 29.4 Å². The van der Waals surface area contributed by atoms with Crippen LogP contribution in [0.25, 0.3) is 16.8 Å². The van der Waals surface area contributed by atoms with Crippen molar-refractivity contribution in [2.75, 3.05) is 11.9 Å². The average molecular weight is 397 g/mol. The van der Waals surface area contributed by atoms with Crippen LogP contribution in [0.1, 0.15) is 12.7 Å². The number of carbonyl (C=O) groups excluding carboxylic acids is 1. The van der Waals surface area contributed by atoms with Gasteiger partial charge in [-0.1, -0.05) is 49.4 Å². The van der Waals surface area contributed by atoms with Gasteiger partial charge in [-0.15, -0.1) is 0 Å². The Balaban J connectivity index is 1.31. The zero-order valence-electron chi connectivity index (χ0n) is 16.8. The summed E-state index contributed by atoms with van der Waals surface area (Å²) in [6.45, 7) is 2.02. The summed E-state index contributed by atoms with van der Waals surface area (Å²) in [5, 5.41) is 2.86. The number of imidazole rings is 1. The highest BCUT2D eigenvalue weighted by molar-refractivity contribution is 5.92. The molecule has 3 aromatic carbocycles. The molecule has 0 saturated heterocycles. The first kappa shape index (κ1) is 19.5. The number of rotatable bonds is 7. The number of benzene rings is 3. The van der Waals surface area contributed by atoms with E-state index in [0.717, 1.165) is 34.7 Å². The minimum absolute atomic E-state index is 0.0505. The van der Waals surface area contributed by atoms with Gasteiger partial charge in [0, 0.05) is 30.2 Å². The number of anilines is 1. The van der Waals surface area contributed by atoms with Crippen molar-refractivity contribution in [3.63, 3.8) is 0 Å². The van der Waals surface area contributed by atoms with Crippen LogP contribution in [0.2, 0.25) is 0 Å². The van der Waals surface area contributed by atoms with Crippen LogP contribution in [0.4, 0.5) is 5.69 Å². The van der Waals surface area contributed by atoms with Crippen LogP contribution >= 0.6 is 0 Å². The van der Waals surface area contributed by atoms with Gasteiger partial charge in [0.15, 0.2) is 6.61 Å². The van der Waals surface area contributed by atoms with Gasteiger partial charge in [-0.05, 0) is 47.5 Å². The Morgan fingerprint density at radius 1 is 0.933 bits per heavy atom. The number of amides is 1. The van der Waals surface area contributed by atoms with Crippen molar-refractivity contribution in [3.05, 3.63) is 97.1 Å². The van der Waals surface area contributed by atoms with Gasteiger partial charge in [-0.25, -0.2) is 4.98 Å². The lowest BCUT2D eigenvalue weighted by Crippen LogP contribution is -2.20. The van der Waals surface area contributed by atoms with Crippen molar-refractivity contribution in [2.45, 2.75) is 13.3 Å². The van der Waals surface area contributed by atoms with Gasteiger partial charge in [-0.3, -0.25) is 4.79 Å². The van der Waals surface area contributed by atoms with Gasteiger partial charge in [0.25, 0.3) is 5.91 Å². The van der Waals surface area contributed by atoms with E-state index in [1.807, 2.05) is 77.5 Å². The Morgan fingerprint density at radius 3 is 2.33 bits per heavy atom. The molecule has 1 N–H and O–H groups in total. The second-order valence-corrected chi connectivity index (χ2v) is 6.84. The van der Waals surface area contributed by atoms with Crippen molar-refractivity contribution >= 4 is 11.6 Å². The zero-order valence-corrected chi connectivity index (χ0v) is 16.8. The second kappa shape index (κ2) is 9.09. The Kier molecular flexibility index (Phi) is 5.90. The molecule has 0 aliphatic carbocycles. The normalized spacial score (nSPS) is 10.6. The van der Waals surface area contributed by atoms with E-state index in [9.17, 15) is 4.79 Å². The third-order valence-electron chi connectivity index (χ3n) is 4.79. The van der Waals surface area contributed by atoms with Crippen molar-refractivity contribution in [3.8, 4) is 22.6 Å². The summed E-state index contributed by atoms with van der Waals surface area (Å²) in [6.07, 6.45) is 4.59. The maximum Gasteiger partial charge on any atom is 0.262 e. The van der Waals surface area contributed by atoms with Crippen LogP contribution in [0.15, 0.2) is 91.3 Å². The monoisotopic (exact) mass is 397 g/mol. The molecule has 150 valence electrons. The molecule has 0 aliphatic rings. The van der Waals surface area contributed by atoms with Crippen molar-refractivity contribution in [1.29, 1.82) is 0 Å². The number of aromatic nitrogens is 2. The minimum atomic E-state index is -0.200. The van der Waals surface area contributed by atoms with E-state index in [1.54, 1.807) is 6.20 Å². The first-order valence-corrected chi connectivity index (χ1v) is 9.94. The van der Waals surface area contributed by atoms with Crippen LogP contribution in [-0.2, 0) is 11.2 Å². The Labute approximate surface area is 176 Å². The SMILES string of the molecule is CCc1nccn1-c1ccc(OCC(=O)Nc2ccc(-c3ccccc3)cc2)cc1. The van der Waals surface area contributed by atoms with E-state index in [0.29, 0.717) is 5.75 Å². The second-order valence-electron chi connectivity index (χ2n) is 6.84. The third-order valence-corrected chi connectivity index (χ3v) is 4.79. The van der Waals surface area contributed by atoms with Gasteiger partial charge >= 0.3 is 0 Å². The van der Waals surface area contributed by atoms with Crippen LogP contribution in [0.3, 0.4) is 0 Å². The first-order valence-electron chi connectivity index (χ1n) is 9.94. The zero-order chi connectivity index (χ0) is 20.8. The van der Waals surface area contributed by atoms with Crippen LogP contribution in [0.5, 0.6) is 5.75 Å². The van der Waals surface area contributed by atoms with E-state index < -0.39 is 0 Å². The van der Waals surface area contributed by atoms with E-state index in [4.69, 9.17) is 4.74 Å². The van der Waals surface area contributed by atoms with Crippen LogP contribution in [0, 0.1) is 0 Å². The number of hydrogen-bond donors (Lipinski definition) is 1. The Bertz CT molecular complexity index is 1100. The number of nitrogens with zero attached hydrogens (tertiary/aromatic N) is 2. The Hall–Kier alpha value is -3.86. The summed E-state index contributed by atoms with van der Waals surface area (Å²) in [4.78, 5) is 16.6. The number of ether oxygens (including phenoxy) is 1. The lowest BCUT2D eigenvalue weighted by atomic mass is 10.1. The predicted molar refractivity (Wildman–Crippen MR) is 119 cm³/mol. The molecule has 4 aromatic rings. The molecule has 1 aromatic heterocycles. The Morgan fingerprint density at radius 2 is 1.63 bits per heavy atom. The molecule has 5 nitrogen and oxygen atoms in total. The fourth-order valence-corrected chi connectivity index (χ4v) is 3.26. The van der Waals surface area contributed by atoms with Crippen LogP contribution < -0.4 is 10.1 Å². The average Bonchev–Trinajstić information content (AvgIpc) is 3.28. The molecular weight excluding hydrogens is 374 g/mol. The fraction of sp³-hybridized carbons (Fsp3) is 0.120. The molecule has 0 radical (unpaired) electrons. The van der Waals surface area contributed by atoms with Gasteiger partial charge in [0.05, 0.1) is 0 Å². The molecule has 0 saturated carbocycles. The minimum Gasteiger partial charge on any atom is -0.484 e. The summed E-state index contributed by atoms with van der Waals surface area (Å²) in [5.41, 5.74) is 4.00. The highest BCUT2D eigenvalue weighted by Gasteiger charge is 2.06. The van der Waals surface area contributed by atoms with E-state index in [-0.39, 0.29) is 12.5 Å². The largest absolute Gasteiger partial charge is 0.484 e. The van der Waals surface area contributed by atoms with Crippen molar-refractivity contribution < 1.29 is 9.53 Å². The number of carbonyl (C=O) groups is 1. The van der Waals surface area contributed by atoms with Crippen molar-refractivity contribution in [2.24, 2.45) is 0 Å². The molecule has 0 aliphatic heterocycles. The van der Waals surface area contributed by atoms with Gasteiger partial charge in [-0.2, -0.15) is 0 Å². The third kappa shape index (κ3) is 4.58. The standard InChI is InChI=1S/C25H23N3O2/c1-2-24-26-16-17-28(24)22-12-14-23(15-13-22)30-18-25(29)27-21-10-8-20(9-11-21)19-6-4-3-5-7-19/h3-17H,2,18H2,1H3,(H,27,29). The summed E-state index contributed by atoms with van der Waals surface area (Å²) >= 11 is 0. The van der Waals surface area contributed by atoms with Crippen LogP contribution in [-0.4, -0.2) is 22.1 Å². The maximum atomic E-state index is 12.2. The number of aryl methyl sites for hydroxylation is 1. The molecule has 0 spiro atoms. The smallest absolute Gasteiger partial charge is 0.262 e. The van der Waals surface area contributed by atoms with E-state index >= 15 is 0 Å². The first-order chi connectivity index (χ1) is 14.7. The summed E-state index contributed by atoms with van der Waals surface area (Å²) in [7, 11) is 0. The molecule has 1 amide bonds. The molecule has 1 heterocycles. The molecule has 30 heavy (non-hydrogen) atoms. The van der Waals surface area contributed by atoms with E-state index in [1.165, 1.54) is 0 Å². The lowest BCUT2D eigenvalue weighted by Gasteiger charge is -2.10.